The third-order valence-electron chi connectivity index (χ3n) is 5.29. The molecule has 4 rings (SSSR count). The van der Waals surface area contributed by atoms with Gasteiger partial charge in [-0.2, -0.15) is 0 Å². The predicted octanol–water partition coefficient (Wildman–Crippen LogP) is 3.48. The van der Waals surface area contributed by atoms with Crippen LogP contribution in [-0.2, 0) is 22.6 Å². The number of aliphatic carboxylic acids is 2. The summed E-state index contributed by atoms with van der Waals surface area (Å²) in [5.41, 5.74) is 3.31. The van der Waals surface area contributed by atoms with E-state index in [1.807, 2.05) is 18.2 Å². The Hall–Kier alpha value is -3.52. The molecule has 1 aliphatic heterocycles. The van der Waals surface area contributed by atoms with Crippen LogP contribution < -0.4 is 5.32 Å². The van der Waals surface area contributed by atoms with Crippen molar-refractivity contribution in [1.82, 2.24) is 14.9 Å². The molecule has 0 radical (unpaired) electrons. The van der Waals surface area contributed by atoms with Gasteiger partial charge in [-0.1, -0.05) is 24.3 Å². The standard InChI is InChI=1S/C20H22FN3.C4H4O4/c21-17-7-5-16(6-8-17)14-24-19-4-2-1-3-18(19)23-20(24)13-15-9-11-22-12-10-15;5-3(6)1-2-4(7)8/h1-8,15,22H,9-14H2;1-2H,(H,5,6)(H,7,8). The summed E-state index contributed by atoms with van der Waals surface area (Å²) >= 11 is 0. The van der Waals surface area contributed by atoms with Crippen molar-refractivity contribution in [3.8, 4) is 0 Å². The average molecular weight is 439 g/mol. The number of benzene rings is 2. The molecule has 3 N–H and O–H groups in total. The van der Waals surface area contributed by atoms with E-state index in [-0.39, 0.29) is 5.82 Å². The first-order chi connectivity index (χ1) is 15.4. The Labute approximate surface area is 185 Å². The van der Waals surface area contributed by atoms with Crippen LogP contribution in [0.4, 0.5) is 4.39 Å². The molecule has 2 aromatic carbocycles. The van der Waals surface area contributed by atoms with Gasteiger partial charge in [0.2, 0.25) is 0 Å². The lowest BCUT2D eigenvalue weighted by atomic mass is 9.94. The molecule has 8 heteroatoms. The summed E-state index contributed by atoms with van der Waals surface area (Å²) in [6, 6.07) is 15.1. The third-order valence-corrected chi connectivity index (χ3v) is 5.29. The van der Waals surface area contributed by atoms with Crippen molar-refractivity contribution < 1.29 is 24.2 Å². The van der Waals surface area contributed by atoms with E-state index in [0.29, 0.717) is 18.1 Å². The van der Waals surface area contributed by atoms with Gasteiger partial charge in [0.15, 0.2) is 0 Å². The van der Waals surface area contributed by atoms with E-state index >= 15 is 0 Å². The molecule has 1 aromatic heterocycles. The number of halogens is 1. The number of hydrogen-bond acceptors (Lipinski definition) is 4. The molecule has 0 unspecified atom stereocenters. The van der Waals surface area contributed by atoms with Crippen molar-refractivity contribution in [1.29, 1.82) is 0 Å². The molecule has 1 fully saturated rings. The Bertz CT molecular complexity index is 1070. The van der Waals surface area contributed by atoms with Gasteiger partial charge in [-0.05, 0) is 61.7 Å². The highest BCUT2D eigenvalue weighted by molar-refractivity contribution is 5.89. The number of fused-ring (bicyclic) bond motifs is 1. The second-order valence-corrected chi connectivity index (χ2v) is 7.64. The molecule has 0 saturated carbocycles. The second kappa shape index (κ2) is 11.2. The first-order valence-corrected chi connectivity index (χ1v) is 10.5. The van der Waals surface area contributed by atoms with Crippen LogP contribution in [0.25, 0.3) is 11.0 Å². The van der Waals surface area contributed by atoms with E-state index in [9.17, 15) is 14.0 Å². The summed E-state index contributed by atoms with van der Waals surface area (Å²) in [4.78, 5) is 24.0. The number of nitrogens with one attached hydrogen (secondary N) is 1. The smallest absolute Gasteiger partial charge is 0.328 e. The van der Waals surface area contributed by atoms with Gasteiger partial charge in [0, 0.05) is 25.1 Å². The highest BCUT2D eigenvalue weighted by Gasteiger charge is 2.18. The Morgan fingerprint density at radius 1 is 1.03 bits per heavy atom. The van der Waals surface area contributed by atoms with Crippen LogP contribution in [0.5, 0.6) is 0 Å². The van der Waals surface area contributed by atoms with Gasteiger partial charge in [-0.3, -0.25) is 0 Å². The fourth-order valence-electron chi connectivity index (χ4n) is 3.72. The quantitative estimate of drug-likeness (QED) is 0.508. The van der Waals surface area contributed by atoms with Gasteiger partial charge in [-0.15, -0.1) is 0 Å². The zero-order valence-electron chi connectivity index (χ0n) is 17.6. The van der Waals surface area contributed by atoms with E-state index in [2.05, 4.69) is 28.1 Å². The van der Waals surface area contributed by atoms with Crippen LogP contribution in [0.2, 0.25) is 0 Å². The Balaban J connectivity index is 0.000000312. The monoisotopic (exact) mass is 439 g/mol. The highest BCUT2D eigenvalue weighted by atomic mass is 19.1. The molecule has 2 heterocycles. The number of rotatable bonds is 6. The lowest BCUT2D eigenvalue weighted by molar-refractivity contribution is -0.134. The summed E-state index contributed by atoms with van der Waals surface area (Å²) in [5.74, 6) is -0.869. The fourth-order valence-corrected chi connectivity index (χ4v) is 3.72. The summed E-state index contributed by atoms with van der Waals surface area (Å²) in [7, 11) is 0. The maximum Gasteiger partial charge on any atom is 0.328 e. The topological polar surface area (TPSA) is 104 Å². The Morgan fingerprint density at radius 3 is 2.28 bits per heavy atom. The van der Waals surface area contributed by atoms with Crippen molar-refractivity contribution in [3.63, 3.8) is 0 Å². The molecule has 0 spiro atoms. The average Bonchev–Trinajstić information content (AvgIpc) is 3.12. The van der Waals surface area contributed by atoms with Crippen LogP contribution in [-0.4, -0.2) is 44.8 Å². The maximum atomic E-state index is 13.2. The number of carboxylic acid groups (broad SMARTS) is 2. The summed E-state index contributed by atoms with van der Waals surface area (Å²) in [6.07, 6.45) is 4.54. The minimum Gasteiger partial charge on any atom is -0.478 e. The number of hydrogen-bond donors (Lipinski definition) is 3. The Morgan fingerprint density at radius 2 is 1.66 bits per heavy atom. The van der Waals surface area contributed by atoms with Crippen LogP contribution in [0, 0.1) is 11.7 Å². The van der Waals surface area contributed by atoms with E-state index < -0.39 is 11.9 Å². The molecular weight excluding hydrogens is 413 g/mol. The van der Waals surface area contributed by atoms with E-state index in [0.717, 1.165) is 48.5 Å². The molecule has 0 bridgehead atoms. The number of para-hydroxylation sites is 2. The SMILES string of the molecule is Fc1ccc(Cn2c(CC3CCNCC3)nc3ccccc32)cc1.O=C(O)C=CC(=O)O. The van der Waals surface area contributed by atoms with Crippen LogP contribution in [0.15, 0.2) is 60.7 Å². The Kier molecular flexibility index (Phi) is 8.10. The normalized spacial score (nSPS) is 14.3. The van der Waals surface area contributed by atoms with Gasteiger partial charge < -0.3 is 20.1 Å². The minimum atomic E-state index is -1.26. The zero-order valence-corrected chi connectivity index (χ0v) is 17.6. The van der Waals surface area contributed by atoms with Gasteiger partial charge in [-0.25, -0.2) is 19.0 Å². The van der Waals surface area contributed by atoms with Crippen LogP contribution >= 0.6 is 0 Å². The molecule has 168 valence electrons. The first kappa shape index (κ1) is 23.1. The first-order valence-electron chi connectivity index (χ1n) is 10.5. The number of carbonyl (C=O) groups is 2. The van der Waals surface area contributed by atoms with Gasteiger partial charge in [0.05, 0.1) is 11.0 Å². The fraction of sp³-hybridized carbons (Fsp3) is 0.292. The molecule has 0 amide bonds. The van der Waals surface area contributed by atoms with Crippen molar-refractivity contribution in [2.24, 2.45) is 5.92 Å². The zero-order chi connectivity index (χ0) is 22.9. The molecule has 0 atom stereocenters. The lowest BCUT2D eigenvalue weighted by Gasteiger charge is -2.22. The molecule has 1 saturated heterocycles. The van der Waals surface area contributed by atoms with Crippen molar-refractivity contribution >= 4 is 23.0 Å². The summed E-state index contributed by atoms with van der Waals surface area (Å²) in [5, 5.41) is 19.0. The van der Waals surface area contributed by atoms with E-state index in [1.165, 1.54) is 25.0 Å². The number of imidazole rings is 1. The van der Waals surface area contributed by atoms with Crippen LogP contribution in [0.1, 0.15) is 24.2 Å². The number of aromatic nitrogens is 2. The molecule has 7 nitrogen and oxygen atoms in total. The number of carboxylic acids is 2. The molecule has 3 aromatic rings. The van der Waals surface area contributed by atoms with Crippen molar-refractivity contribution in [2.75, 3.05) is 13.1 Å². The highest BCUT2D eigenvalue weighted by Crippen LogP contribution is 2.23. The van der Waals surface area contributed by atoms with Gasteiger partial charge in [0.25, 0.3) is 0 Å². The second-order valence-electron chi connectivity index (χ2n) is 7.64. The van der Waals surface area contributed by atoms with Crippen molar-refractivity contribution in [3.05, 3.63) is 77.9 Å². The van der Waals surface area contributed by atoms with Crippen LogP contribution in [0.3, 0.4) is 0 Å². The molecular formula is C24H26FN3O4. The largest absolute Gasteiger partial charge is 0.478 e. The van der Waals surface area contributed by atoms with E-state index in [1.54, 1.807) is 0 Å². The third kappa shape index (κ3) is 6.75. The predicted molar refractivity (Wildman–Crippen MR) is 119 cm³/mol. The minimum absolute atomic E-state index is 0.191. The van der Waals surface area contributed by atoms with Gasteiger partial charge in [0.1, 0.15) is 11.6 Å². The summed E-state index contributed by atoms with van der Waals surface area (Å²) < 4.78 is 15.5. The molecule has 0 aliphatic carbocycles. The lowest BCUT2D eigenvalue weighted by Crippen LogP contribution is -2.29. The van der Waals surface area contributed by atoms with E-state index in [4.69, 9.17) is 15.2 Å². The molecule has 1 aliphatic rings. The maximum absolute atomic E-state index is 13.2. The van der Waals surface area contributed by atoms with Crippen molar-refractivity contribution in [2.45, 2.75) is 25.8 Å². The summed E-state index contributed by atoms with van der Waals surface area (Å²) in [6.45, 7) is 2.94. The van der Waals surface area contributed by atoms with Gasteiger partial charge >= 0.3 is 11.9 Å². The number of piperidine rings is 1. The molecule has 32 heavy (non-hydrogen) atoms. The number of nitrogens with zero attached hydrogens (tertiary/aromatic N) is 2.